The fourth-order valence-corrected chi connectivity index (χ4v) is 3.86. The molecule has 1 aliphatic heterocycles. The van der Waals surface area contributed by atoms with Gasteiger partial charge >= 0.3 is 6.03 Å². The Morgan fingerprint density at radius 1 is 1.08 bits per heavy atom. The Morgan fingerprint density at radius 2 is 1.75 bits per heavy atom. The van der Waals surface area contributed by atoms with Crippen LogP contribution in [0.5, 0.6) is 0 Å². The van der Waals surface area contributed by atoms with Gasteiger partial charge in [-0.2, -0.15) is 0 Å². The lowest BCUT2D eigenvalue weighted by atomic mass is 10.2. The number of sulfone groups is 1. The smallest absolute Gasteiger partial charge is 0.308 e. The van der Waals surface area contributed by atoms with Crippen LogP contribution in [0.3, 0.4) is 0 Å². The van der Waals surface area contributed by atoms with E-state index in [9.17, 15) is 13.2 Å². The molecule has 1 heterocycles. The van der Waals surface area contributed by atoms with Crippen LogP contribution in [-0.2, 0) is 9.84 Å². The molecule has 24 heavy (non-hydrogen) atoms. The highest BCUT2D eigenvalue weighted by Gasteiger charge is 2.31. The zero-order valence-corrected chi connectivity index (χ0v) is 14.0. The van der Waals surface area contributed by atoms with Crippen LogP contribution in [0, 0.1) is 6.92 Å². The van der Waals surface area contributed by atoms with Gasteiger partial charge in [-0.25, -0.2) is 13.2 Å². The molecule has 5 nitrogen and oxygen atoms in total. The molecule has 0 radical (unpaired) electrons. The quantitative estimate of drug-likeness (QED) is 0.930. The maximum absolute atomic E-state index is 12.8. The summed E-state index contributed by atoms with van der Waals surface area (Å²) in [6, 6.07) is 15.6. The molecule has 124 valence electrons. The summed E-state index contributed by atoms with van der Waals surface area (Å²) in [6.07, 6.45) is 1.56. The number of urea groups is 1. The van der Waals surface area contributed by atoms with E-state index in [1.54, 1.807) is 18.2 Å². The van der Waals surface area contributed by atoms with Crippen molar-refractivity contribution >= 4 is 27.2 Å². The molecule has 1 aliphatic rings. The highest BCUT2D eigenvalue weighted by molar-refractivity contribution is 7.94. The summed E-state index contributed by atoms with van der Waals surface area (Å²) >= 11 is 0. The summed E-state index contributed by atoms with van der Waals surface area (Å²) in [5.41, 5.74) is 2.38. The minimum atomic E-state index is -3.27. The number of hydrogen-bond donors (Lipinski definition) is 1. The van der Waals surface area contributed by atoms with E-state index in [-0.39, 0.29) is 11.8 Å². The number of amides is 2. The molecule has 0 spiro atoms. The topological polar surface area (TPSA) is 66.5 Å². The van der Waals surface area contributed by atoms with E-state index in [2.05, 4.69) is 5.32 Å². The summed E-state index contributed by atoms with van der Waals surface area (Å²) in [5.74, 6) is -0.108. The first-order valence-electron chi connectivity index (χ1n) is 7.57. The van der Waals surface area contributed by atoms with Crippen LogP contribution in [0.4, 0.5) is 16.2 Å². The zero-order valence-electron chi connectivity index (χ0n) is 13.2. The molecule has 0 bridgehead atoms. The van der Waals surface area contributed by atoms with Gasteiger partial charge in [0, 0.05) is 16.8 Å². The van der Waals surface area contributed by atoms with Gasteiger partial charge in [-0.05, 0) is 37.3 Å². The van der Waals surface area contributed by atoms with Crippen LogP contribution >= 0.6 is 0 Å². The largest absolute Gasteiger partial charge is 0.326 e. The number of rotatable bonds is 3. The third-order valence-electron chi connectivity index (χ3n) is 3.80. The number of anilines is 2. The fraction of sp³-hybridized carbons (Fsp3) is 0.167. The lowest BCUT2D eigenvalue weighted by Gasteiger charge is -2.28. The lowest BCUT2D eigenvalue weighted by Crippen LogP contribution is -2.43. The molecule has 2 amide bonds. The monoisotopic (exact) mass is 342 g/mol. The van der Waals surface area contributed by atoms with E-state index in [1.165, 1.54) is 10.3 Å². The third kappa shape index (κ3) is 3.65. The van der Waals surface area contributed by atoms with Gasteiger partial charge in [0.1, 0.15) is 0 Å². The molecule has 0 aromatic heterocycles. The van der Waals surface area contributed by atoms with Gasteiger partial charge in [0.25, 0.3) is 0 Å². The van der Waals surface area contributed by atoms with E-state index in [0.29, 0.717) is 11.4 Å². The first-order valence-corrected chi connectivity index (χ1v) is 9.29. The average molecular weight is 342 g/mol. The highest BCUT2D eigenvalue weighted by atomic mass is 32.2. The predicted octanol–water partition coefficient (Wildman–Crippen LogP) is 3.34. The number of nitrogens with zero attached hydrogens (tertiary/aromatic N) is 1. The number of nitrogens with one attached hydrogen (secondary N) is 1. The SMILES string of the molecule is Cc1ccc(N(C(=O)Nc2ccccc2)C2C=CS(=O)(=O)C2)cc1. The van der Waals surface area contributed by atoms with Crippen molar-refractivity contribution in [1.29, 1.82) is 0 Å². The Bertz CT molecular complexity index is 859. The third-order valence-corrected chi connectivity index (χ3v) is 5.18. The van der Waals surface area contributed by atoms with Crippen molar-refractivity contribution in [2.24, 2.45) is 0 Å². The van der Waals surface area contributed by atoms with Crippen molar-refractivity contribution in [1.82, 2.24) is 0 Å². The Balaban J connectivity index is 1.91. The fourth-order valence-electron chi connectivity index (χ4n) is 2.59. The van der Waals surface area contributed by atoms with Crippen molar-refractivity contribution in [2.45, 2.75) is 13.0 Å². The second kappa shape index (κ2) is 6.49. The van der Waals surface area contributed by atoms with Gasteiger partial charge in [0.05, 0.1) is 11.8 Å². The van der Waals surface area contributed by atoms with Gasteiger partial charge in [0.2, 0.25) is 0 Å². The number of aryl methyl sites for hydroxylation is 1. The van der Waals surface area contributed by atoms with Crippen molar-refractivity contribution < 1.29 is 13.2 Å². The van der Waals surface area contributed by atoms with Gasteiger partial charge in [-0.3, -0.25) is 4.90 Å². The van der Waals surface area contributed by atoms with Crippen LogP contribution in [0.1, 0.15) is 5.56 Å². The summed E-state index contributed by atoms with van der Waals surface area (Å²) < 4.78 is 23.5. The van der Waals surface area contributed by atoms with Crippen LogP contribution < -0.4 is 10.2 Å². The van der Waals surface area contributed by atoms with Crippen LogP contribution in [0.15, 0.2) is 66.1 Å². The molecule has 0 aliphatic carbocycles. The first-order chi connectivity index (χ1) is 11.4. The van der Waals surface area contributed by atoms with Gasteiger partial charge < -0.3 is 5.32 Å². The van der Waals surface area contributed by atoms with E-state index in [4.69, 9.17) is 0 Å². The molecule has 0 saturated heterocycles. The van der Waals surface area contributed by atoms with Crippen LogP contribution in [0.2, 0.25) is 0 Å². The average Bonchev–Trinajstić information content (AvgIpc) is 2.90. The molecule has 2 aromatic carbocycles. The predicted molar refractivity (Wildman–Crippen MR) is 95.8 cm³/mol. The van der Waals surface area contributed by atoms with E-state index < -0.39 is 15.9 Å². The zero-order chi connectivity index (χ0) is 17.2. The van der Waals surface area contributed by atoms with E-state index in [0.717, 1.165) is 5.56 Å². The van der Waals surface area contributed by atoms with Gasteiger partial charge in [0.15, 0.2) is 9.84 Å². The second-order valence-electron chi connectivity index (χ2n) is 5.73. The van der Waals surface area contributed by atoms with E-state index in [1.807, 2.05) is 49.4 Å². The van der Waals surface area contributed by atoms with Gasteiger partial charge in [-0.1, -0.05) is 35.9 Å². The normalized spacial score (nSPS) is 18.3. The Morgan fingerprint density at radius 3 is 2.33 bits per heavy atom. The van der Waals surface area contributed by atoms with Gasteiger partial charge in [-0.15, -0.1) is 0 Å². The summed E-state index contributed by atoms with van der Waals surface area (Å²) in [4.78, 5) is 14.3. The number of carbonyl (C=O) groups is 1. The Kier molecular flexibility index (Phi) is 4.40. The van der Waals surface area contributed by atoms with Crippen molar-refractivity contribution in [3.63, 3.8) is 0 Å². The maximum Gasteiger partial charge on any atom is 0.326 e. The summed E-state index contributed by atoms with van der Waals surface area (Å²) in [7, 11) is -3.27. The number of benzene rings is 2. The number of carbonyl (C=O) groups excluding carboxylic acids is 1. The Labute approximate surface area is 141 Å². The van der Waals surface area contributed by atoms with Crippen LogP contribution in [0.25, 0.3) is 0 Å². The maximum atomic E-state index is 12.8. The van der Waals surface area contributed by atoms with Crippen molar-refractivity contribution in [2.75, 3.05) is 16.0 Å². The first kappa shape index (κ1) is 16.3. The van der Waals surface area contributed by atoms with Crippen molar-refractivity contribution in [3.05, 3.63) is 71.6 Å². The standard InChI is InChI=1S/C18H18N2O3S/c1-14-7-9-16(10-8-14)20(17-11-12-24(22,23)13-17)18(21)19-15-5-3-2-4-6-15/h2-12,17H,13H2,1H3,(H,19,21). The number of hydrogen-bond acceptors (Lipinski definition) is 3. The molecule has 2 aromatic rings. The molecule has 1 N–H and O–H groups in total. The minimum Gasteiger partial charge on any atom is -0.308 e. The summed E-state index contributed by atoms with van der Waals surface area (Å²) in [5, 5.41) is 3.99. The Hall–Kier alpha value is -2.60. The molecule has 0 fully saturated rings. The molecule has 3 rings (SSSR count). The second-order valence-corrected chi connectivity index (χ2v) is 7.66. The highest BCUT2D eigenvalue weighted by Crippen LogP contribution is 2.24. The summed E-state index contributed by atoms with van der Waals surface area (Å²) in [6.45, 7) is 1.96. The molecule has 6 heteroatoms. The molecular formula is C18H18N2O3S. The van der Waals surface area contributed by atoms with Crippen LogP contribution in [-0.4, -0.2) is 26.2 Å². The molecule has 0 saturated carbocycles. The lowest BCUT2D eigenvalue weighted by molar-refractivity contribution is 0.256. The molecule has 1 atom stereocenters. The number of para-hydroxylation sites is 1. The van der Waals surface area contributed by atoms with Crippen molar-refractivity contribution in [3.8, 4) is 0 Å². The molecular weight excluding hydrogens is 324 g/mol. The minimum absolute atomic E-state index is 0.108. The van der Waals surface area contributed by atoms with E-state index >= 15 is 0 Å². The molecule has 1 unspecified atom stereocenters.